The summed E-state index contributed by atoms with van der Waals surface area (Å²) in [6, 6.07) is 5.58. The second-order valence-electron chi connectivity index (χ2n) is 5.76. The minimum absolute atomic E-state index is 0.0618. The van der Waals surface area contributed by atoms with Crippen LogP contribution >= 0.6 is 12.6 Å². The number of nitriles is 1. The first-order valence-corrected chi connectivity index (χ1v) is 8.48. The van der Waals surface area contributed by atoms with E-state index in [1.807, 2.05) is 17.0 Å². The number of carbonyl (C=O) groups is 1. The summed E-state index contributed by atoms with van der Waals surface area (Å²) < 4.78 is 0. The van der Waals surface area contributed by atoms with Gasteiger partial charge in [0.1, 0.15) is 17.3 Å². The number of amides is 1. The van der Waals surface area contributed by atoms with Gasteiger partial charge in [-0.3, -0.25) is 9.59 Å². The third-order valence-corrected chi connectivity index (χ3v) is 4.59. The number of aromatic nitrogens is 2. The Kier molecular flexibility index (Phi) is 5.09. The van der Waals surface area contributed by atoms with Crippen molar-refractivity contribution in [3.63, 3.8) is 0 Å². The number of carbonyl (C=O) groups excluding carboxylic acids is 1. The average Bonchev–Trinajstić information content (AvgIpc) is 2.66. The van der Waals surface area contributed by atoms with Gasteiger partial charge < -0.3 is 14.8 Å². The summed E-state index contributed by atoms with van der Waals surface area (Å²) in [7, 11) is 0. The van der Waals surface area contributed by atoms with E-state index in [4.69, 9.17) is 0 Å². The van der Waals surface area contributed by atoms with Crippen LogP contribution in [0.2, 0.25) is 0 Å². The van der Waals surface area contributed by atoms with E-state index in [2.05, 4.69) is 29.2 Å². The molecule has 1 aliphatic heterocycles. The SMILES string of the molecule is C=C/C=C(\S)C(=O)N1CCN(c2c(C#N)c(=O)[nH]c3ncccc23)CC1. The fourth-order valence-electron chi connectivity index (χ4n) is 3.02. The van der Waals surface area contributed by atoms with Gasteiger partial charge in [-0.1, -0.05) is 12.7 Å². The maximum Gasteiger partial charge on any atom is 0.269 e. The zero-order valence-electron chi connectivity index (χ0n) is 14.0. The summed E-state index contributed by atoms with van der Waals surface area (Å²) in [6.07, 6.45) is 4.66. The van der Waals surface area contributed by atoms with Crippen molar-refractivity contribution in [1.82, 2.24) is 14.9 Å². The average molecular weight is 367 g/mol. The number of anilines is 1. The number of fused-ring (bicyclic) bond motifs is 1. The van der Waals surface area contributed by atoms with E-state index in [0.29, 0.717) is 47.8 Å². The highest BCUT2D eigenvalue weighted by Gasteiger charge is 2.26. The van der Waals surface area contributed by atoms with Gasteiger partial charge in [-0.05, 0) is 18.2 Å². The number of aromatic amines is 1. The Balaban J connectivity index is 1.92. The minimum atomic E-state index is -0.459. The largest absolute Gasteiger partial charge is 0.366 e. The van der Waals surface area contributed by atoms with E-state index in [1.165, 1.54) is 6.08 Å². The number of H-pyrrole nitrogens is 1. The van der Waals surface area contributed by atoms with Gasteiger partial charge >= 0.3 is 0 Å². The Morgan fingerprint density at radius 2 is 2.12 bits per heavy atom. The van der Waals surface area contributed by atoms with Crippen LogP contribution in [-0.2, 0) is 4.79 Å². The Bertz CT molecular complexity index is 997. The van der Waals surface area contributed by atoms with Gasteiger partial charge in [-0.25, -0.2) is 4.98 Å². The van der Waals surface area contributed by atoms with Crippen molar-refractivity contribution in [2.75, 3.05) is 31.1 Å². The number of rotatable bonds is 3. The summed E-state index contributed by atoms with van der Waals surface area (Å²) in [5.74, 6) is -0.161. The summed E-state index contributed by atoms with van der Waals surface area (Å²) in [5, 5.41) is 10.2. The maximum absolute atomic E-state index is 12.3. The zero-order chi connectivity index (χ0) is 18.7. The van der Waals surface area contributed by atoms with Gasteiger partial charge in [0, 0.05) is 37.8 Å². The fraction of sp³-hybridized carbons (Fsp3) is 0.222. The Morgan fingerprint density at radius 1 is 1.38 bits per heavy atom. The second kappa shape index (κ2) is 7.45. The van der Waals surface area contributed by atoms with E-state index in [1.54, 1.807) is 23.2 Å². The molecule has 0 saturated carbocycles. The lowest BCUT2D eigenvalue weighted by atomic mass is 10.1. The lowest BCUT2D eigenvalue weighted by Crippen LogP contribution is -2.49. The molecular formula is C18H17N5O2S. The molecule has 0 atom stereocenters. The lowest BCUT2D eigenvalue weighted by Gasteiger charge is -2.36. The van der Waals surface area contributed by atoms with Crippen LogP contribution in [-0.4, -0.2) is 47.0 Å². The Morgan fingerprint density at radius 3 is 2.77 bits per heavy atom. The Labute approximate surface area is 155 Å². The predicted molar refractivity (Wildman–Crippen MR) is 103 cm³/mol. The van der Waals surface area contributed by atoms with E-state index in [0.717, 1.165) is 0 Å². The predicted octanol–water partition coefficient (Wildman–Crippen LogP) is 1.44. The van der Waals surface area contributed by atoms with Gasteiger partial charge in [-0.2, -0.15) is 5.26 Å². The van der Waals surface area contributed by atoms with Crippen molar-refractivity contribution in [3.8, 4) is 6.07 Å². The summed E-state index contributed by atoms with van der Waals surface area (Å²) >= 11 is 4.19. The third kappa shape index (κ3) is 3.21. The van der Waals surface area contributed by atoms with E-state index in [-0.39, 0.29) is 11.5 Å². The molecule has 1 saturated heterocycles. The molecule has 0 bridgehead atoms. The molecule has 1 amide bonds. The molecule has 2 aromatic rings. The summed E-state index contributed by atoms with van der Waals surface area (Å²) in [6.45, 7) is 5.50. The topological polar surface area (TPSA) is 93.1 Å². The molecule has 1 aliphatic rings. The van der Waals surface area contributed by atoms with Crippen LogP contribution in [0.15, 0.2) is 46.8 Å². The van der Waals surface area contributed by atoms with Crippen molar-refractivity contribution in [1.29, 1.82) is 5.26 Å². The van der Waals surface area contributed by atoms with Crippen LogP contribution in [0.3, 0.4) is 0 Å². The third-order valence-electron chi connectivity index (χ3n) is 4.25. The van der Waals surface area contributed by atoms with Gasteiger partial charge in [0.25, 0.3) is 11.5 Å². The minimum Gasteiger partial charge on any atom is -0.366 e. The fourth-order valence-corrected chi connectivity index (χ4v) is 3.27. The van der Waals surface area contributed by atoms with E-state index >= 15 is 0 Å². The number of hydrogen-bond donors (Lipinski definition) is 2. The molecule has 3 rings (SSSR count). The van der Waals surface area contributed by atoms with Crippen LogP contribution in [0.25, 0.3) is 11.0 Å². The summed E-state index contributed by atoms with van der Waals surface area (Å²) in [4.78, 5) is 35.3. The monoisotopic (exact) mass is 367 g/mol. The molecule has 0 aliphatic carbocycles. The molecule has 26 heavy (non-hydrogen) atoms. The van der Waals surface area contributed by atoms with Crippen molar-refractivity contribution >= 4 is 35.3 Å². The summed E-state index contributed by atoms with van der Waals surface area (Å²) in [5.41, 5.74) is 0.612. The highest BCUT2D eigenvalue weighted by atomic mass is 32.1. The van der Waals surface area contributed by atoms with Gasteiger partial charge in [0.2, 0.25) is 0 Å². The molecule has 0 spiro atoms. The highest BCUT2D eigenvalue weighted by Crippen LogP contribution is 2.27. The van der Waals surface area contributed by atoms with Crippen LogP contribution in [0.4, 0.5) is 5.69 Å². The standard InChI is InChI=1S/C18H17N5O2S/c1-2-4-14(26)18(25)23-9-7-22(8-10-23)15-12-5-3-6-20-16(12)21-17(24)13(15)11-19/h2-6,26H,1,7-10H2,(H,20,21,24)/b14-4-. The first-order valence-electron chi connectivity index (χ1n) is 8.03. The molecule has 132 valence electrons. The van der Waals surface area contributed by atoms with Crippen molar-refractivity contribution in [2.45, 2.75) is 0 Å². The lowest BCUT2D eigenvalue weighted by molar-refractivity contribution is -0.126. The molecule has 2 aromatic heterocycles. The molecule has 1 fully saturated rings. The molecule has 0 radical (unpaired) electrons. The van der Waals surface area contributed by atoms with Crippen molar-refractivity contribution in [2.24, 2.45) is 0 Å². The van der Waals surface area contributed by atoms with Crippen molar-refractivity contribution in [3.05, 3.63) is 57.9 Å². The maximum atomic E-state index is 12.3. The normalized spacial score (nSPS) is 15.0. The molecule has 7 nitrogen and oxygen atoms in total. The number of nitrogens with one attached hydrogen (secondary N) is 1. The molecule has 8 heteroatoms. The van der Waals surface area contributed by atoms with Crippen LogP contribution in [0, 0.1) is 11.3 Å². The molecule has 0 unspecified atom stereocenters. The van der Waals surface area contributed by atoms with E-state index in [9.17, 15) is 14.9 Å². The van der Waals surface area contributed by atoms with Gasteiger partial charge in [0.05, 0.1) is 10.6 Å². The quantitative estimate of drug-likeness (QED) is 0.486. The highest BCUT2D eigenvalue weighted by molar-refractivity contribution is 7.85. The smallest absolute Gasteiger partial charge is 0.269 e. The number of piperazine rings is 1. The number of nitrogens with zero attached hydrogens (tertiary/aromatic N) is 4. The van der Waals surface area contributed by atoms with E-state index < -0.39 is 5.56 Å². The first-order chi connectivity index (χ1) is 12.6. The van der Waals surface area contributed by atoms with Gasteiger partial charge in [0.15, 0.2) is 0 Å². The number of hydrogen-bond acceptors (Lipinski definition) is 6. The molecule has 3 heterocycles. The first kappa shape index (κ1) is 17.8. The number of pyridine rings is 2. The van der Waals surface area contributed by atoms with Crippen molar-refractivity contribution < 1.29 is 4.79 Å². The Hall–Kier alpha value is -3.05. The molecular weight excluding hydrogens is 350 g/mol. The molecule has 1 N–H and O–H groups in total. The van der Waals surface area contributed by atoms with Gasteiger partial charge in [-0.15, -0.1) is 12.6 Å². The zero-order valence-corrected chi connectivity index (χ0v) is 14.9. The second-order valence-corrected chi connectivity index (χ2v) is 6.24. The number of thiol groups is 1. The van der Waals surface area contributed by atoms with Crippen LogP contribution in [0.5, 0.6) is 0 Å². The number of allylic oxidation sites excluding steroid dienone is 2. The van der Waals surface area contributed by atoms with Crippen LogP contribution in [0.1, 0.15) is 5.56 Å². The molecule has 0 aromatic carbocycles. The van der Waals surface area contributed by atoms with Crippen LogP contribution < -0.4 is 10.5 Å².